The first-order valence-corrected chi connectivity index (χ1v) is 7.47. The maximum atomic E-state index is 12.1. The summed E-state index contributed by atoms with van der Waals surface area (Å²) in [7, 11) is 3.22. The molecule has 0 aliphatic carbocycles. The van der Waals surface area contributed by atoms with Crippen LogP contribution in [0.5, 0.6) is 11.5 Å². The van der Waals surface area contributed by atoms with Crippen molar-refractivity contribution in [3.05, 3.63) is 23.8 Å². The molecule has 0 spiro atoms. The van der Waals surface area contributed by atoms with E-state index in [1.807, 2.05) is 25.1 Å². The molecule has 1 aliphatic heterocycles. The molecule has 2 unspecified atom stereocenters. The van der Waals surface area contributed by atoms with Crippen LogP contribution in [0.1, 0.15) is 12.5 Å². The molecule has 1 aromatic carbocycles. The predicted octanol–water partition coefficient (Wildman–Crippen LogP) is 0.739. The van der Waals surface area contributed by atoms with Gasteiger partial charge in [0.05, 0.1) is 20.8 Å². The first kappa shape index (κ1) is 16.6. The number of carbonyl (C=O) groups excluding carboxylic acids is 1. The van der Waals surface area contributed by atoms with Crippen molar-refractivity contribution in [2.24, 2.45) is 0 Å². The van der Waals surface area contributed by atoms with Gasteiger partial charge in [-0.25, -0.2) is 0 Å². The van der Waals surface area contributed by atoms with E-state index in [1.165, 1.54) is 0 Å². The van der Waals surface area contributed by atoms with E-state index in [4.69, 9.17) is 14.2 Å². The lowest BCUT2D eigenvalue weighted by Gasteiger charge is -2.24. The molecule has 1 amide bonds. The molecular weight excluding hydrogens is 284 g/mol. The Labute approximate surface area is 131 Å². The highest BCUT2D eigenvalue weighted by atomic mass is 16.5. The van der Waals surface area contributed by atoms with E-state index in [0.29, 0.717) is 31.1 Å². The van der Waals surface area contributed by atoms with Gasteiger partial charge < -0.3 is 24.8 Å². The lowest BCUT2D eigenvalue weighted by molar-refractivity contribution is -0.134. The van der Waals surface area contributed by atoms with Gasteiger partial charge in [-0.05, 0) is 31.0 Å². The average Bonchev–Trinajstić information content (AvgIpc) is 2.55. The molecule has 122 valence electrons. The zero-order valence-electron chi connectivity index (χ0n) is 13.3. The van der Waals surface area contributed by atoms with Crippen molar-refractivity contribution in [3.8, 4) is 11.5 Å². The monoisotopic (exact) mass is 308 g/mol. The molecule has 1 aliphatic rings. The summed E-state index contributed by atoms with van der Waals surface area (Å²) in [5, 5.41) is 6.14. The van der Waals surface area contributed by atoms with E-state index in [0.717, 1.165) is 12.1 Å². The summed E-state index contributed by atoms with van der Waals surface area (Å²) in [6, 6.07) is 5.79. The molecule has 2 N–H and O–H groups in total. The smallest absolute Gasteiger partial charge is 0.250 e. The average molecular weight is 308 g/mol. The van der Waals surface area contributed by atoms with E-state index in [1.54, 1.807) is 14.2 Å². The number of hydrogen-bond donors (Lipinski definition) is 2. The van der Waals surface area contributed by atoms with Crippen molar-refractivity contribution in [1.29, 1.82) is 0 Å². The molecule has 1 aromatic rings. The Morgan fingerprint density at radius 2 is 2.18 bits per heavy atom. The molecule has 1 heterocycles. The molecule has 6 heteroatoms. The molecular formula is C16H24N2O4. The fraction of sp³-hybridized carbons (Fsp3) is 0.562. The Morgan fingerprint density at radius 3 is 2.82 bits per heavy atom. The second-order valence-corrected chi connectivity index (χ2v) is 5.37. The molecule has 22 heavy (non-hydrogen) atoms. The Morgan fingerprint density at radius 1 is 1.41 bits per heavy atom. The number of hydrogen-bond acceptors (Lipinski definition) is 5. The second-order valence-electron chi connectivity index (χ2n) is 5.37. The molecule has 2 atom stereocenters. The van der Waals surface area contributed by atoms with Gasteiger partial charge in [0.2, 0.25) is 0 Å². The van der Waals surface area contributed by atoms with Crippen LogP contribution in [0.25, 0.3) is 0 Å². The van der Waals surface area contributed by atoms with Crippen LogP contribution in [0.3, 0.4) is 0 Å². The van der Waals surface area contributed by atoms with Gasteiger partial charge in [0, 0.05) is 19.1 Å². The van der Waals surface area contributed by atoms with Crippen molar-refractivity contribution in [1.82, 2.24) is 10.6 Å². The number of amides is 1. The van der Waals surface area contributed by atoms with E-state index in [-0.39, 0.29) is 11.9 Å². The van der Waals surface area contributed by atoms with Gasteiger partial charge in [-0.3, -0.25) is 4.79 Å². The molecule has 0 saturated carbocycles. The first-order chi connectivity index (χ1) is 10.6. The van der Waals surface area contributed by atoms with Gasteiger partial charge in [-0.2, -0.15) is 0 Å². The van der Waals surface area contributed by atoms with Crippen LogP contribution in [-0.2, 0) is 16.0 Å². The lowest BCUT2D eigenvalue weighted by atomic mass is 10.1. The summed E-state index contributed by atoms with van der Waals surface area (Å²) >= 11 is 0. The highest BCUT2D eigenvalue weighted by molar-refractivity contribution is 5.81. The SMILES string of the molecule is COc1ccc(CC(C)NC(=O)C2CNCCO2)cc1OC. The van der Waals surface area contributed by atoms with Crippen LogP contribution in [0.2, 0.25) is 0 Å². The topological polar surface area (TPSA) is 68.8 Å². The van der Waals surface area contributed by atoms with Gasteiger partial charge in [0.1, 0.15) is 6.10 Å². The summed E-state index contributed by atoms with van der Waals surface area (Å²) in [4.78, 5) is 12.1. The van der Waals surface area contributed by atoms with Crippen LogP contribution in [0.15, 0.2) is 18.2 Å². The van der Waals surface area contributed by atoms with Crippen LogP contribution in [0, 0.1) is 0 Å². The molecule has 0 bridgehead atoms. The third-order valence-corrected chi connectivity index (χ3v) is 3.60. The molecule has 1 saturated heterocycles. The highest BCUT2D eigenvalue weighted by Gasteiger charge is 2.22. The number of benzene rings is 1. The zero-order valence-corrected chi connectivity index (χ0v) is 13.3. The van der Waals surface area contributed by atoms with E-state index < -0.39 is 6.10 Å². The molecule has 1 fully saturated rings. The van der Waals surface area contributed by atoms with Crippen molar-refractivity contribution in [2.75, 3.05) is 33.9 Å². The van der Waals surface area contributed by atoms with Crippen molar-refractivity contribution in [2.45, 2.75) is 25.5 Å². The Hall–Kier alpha value is -1.79. The number of morpholine rings is 1. The standard InChI is InChI=1S/C16H24N2O4/c1-11(18-16(19)15-10-17-6-7-22-15)8-12-4-5-13(20-2)14(9-12)21-3/h4-5,9,11,15,17H,6-8,10H2,1-3H3,(H,18,19). The van der Waals surface area contributed by atoms with Gasteiger partial charge in [0.25, 0.3) is 5.91 Å². The third kappa shape index (κ3) is 4.35. The van der Waals surface area contributed by atoms with Crippen molar-refractivity contribution >= 4 is 5.91 Å². The van der Waals surface area contributed by atoms with E-state index in [9.17, 15) is 4.79 Å². The highest BCUT2D eigenvalue weighted by Crippen LogP contribution is 2.27. The van der Waals surface area contributed by atoms with Gasteiger partial charge >= 0.3 is 0 Å². The predicted molar refractivity (Wildman–Crippen MR) is 83.5 cm³/mol. The van der Waals surface area contributed by atoms with E-state index in [2.05, 4.69) is 10.6 Å². The summed E-state index contributed by atoms with van der Waals surface area (Å²) in [5.41, 5.74) is 1.08. The number of ether oxygens (including phenoxy) is 3. The van der Waals surface area contributed by atoms with E-state index >= 15 is 0 Å². The summed E-state index contributed by atoms with van der Waals surface area (Å²) in [6.45, 7) is 3.91. The van der Waals surface area contributed by atoms with Crippen molar-refractivity contribution in [3.63, 3.8) is 0 Å². The molecule has 2 rings (SSSR count). The minimum Gasteiger partial charge on any atom is -0.493 e. The maximum Gasteiger partial charge on any atom is 0.250 e. The summed E-state index contributed by atoms with van der Waals surface area (Å²) in [6.07, 6.45) is 0.313. The van der Waals surface area contributed by atoms with Crippen molar-refractivity contribution < 1.29 is 19.0 Å². The summed E-state index contributed by atoms with van der Waals surface area (Å²) in [5.74, 6) is 1.32. The van der Waals surface area contributed by atoms with Crippen LogP contribution >= 0.6 is 0 Å². The van der Waals surface area contributed by atoms with Gasteiger partial charge in [-0.15, -0.1) is 0 Å². The first-order valence-electron chi connectivity index (χ1n) is 7.47. The Balaban J connectivity index is 1.90. The number of carbonyl (C=O) groups is 1. The third-order valence-electron chi connectivity index (χ3n) is 3.60. The fourth-order valence-corrected chi connectivity index (χ4v) is 2.48. The second kappa shape index (κ2) is 8.00. The minimum atomic E-state index is -0.401. The van der Waals surface area contributed by atoms with Gasteiger partial charge in [-0.1, -0.05) is 6.07 Å². The normalized spacial score (nSPS) is 19.3. The number of rotatable bonds is 6. The van der Waals surface area contributed by atoms with Crippen LogP contribution in [0.4, 0.5) is 0 Å². The summed E-state index contributed by atoms with van der Waals surface area (Å²) < 4.78 is 16.0. The number of methoxy groups -OCH3 is 2. The van der Waals surface area contributed by atoms with Crippen LogP contribution < -0.4 is 20.1 Å². The number of nitrogens with one attached hydrogen (secondary N) is 2. The van der Waals surface area contributed by atoms with Gasteiger partial charge in [0.15, 0.2) is 11.5 Å². The fourth-order valence-electron chi connectivity index (χ4n) is 2.48. The lowest BCUT2D eigenvalue weighted by Crippen LogP contribution is -2.50. The molecule has 0 radical (unpaired) electrons. The maximum absolute atomic E-state index is 12.1. The Bertz CT molecular complexity index is 501. The zero-order chi connectivity index (χ0) is 15.9. The quantitative estimate of drug-likeness (QED) is 0.811. The molecule has 0 aromatic heterocycles. The largest absolute Gasteiger partial charge is 0.493 e. The van der Waals surface area contributed by atoms with Crippen LogP contribution in [-0.4, -0.2) is 52.0 Å². The Kier molecular flexibility index (Phi) is 6.03. The minimum absolute atomic E-state index is 0.0103. The molecule has 6 nitrogen and oxygen atoms in total.